The zero-order chi connectivity index (χ0) is 18.7. The highest BCUT2D eigenvalue weighted by molar-refractivity contribution is 6.06. The van der Waals surface area contributed by atoms with Crippen molar-refractivity contribution in [3.63, 3.8) is 0 Å². The molecule has 1 aromatic heterocycles. The maximum Gasteiger partial charge on any atom is 0.340 e. The van der Waals surface area contributed by atoms with E-state index in [1.165, 1.54) is 31.2 Å². The molecular weight excluding hydrogens is 328 g/mol. The first-order valence-corrected chi connectivity index (χ1v) is 7.44. The molecule has 0 unspecified atom stereocenters. The first-order chi connectivity index (χ1) is 11.8. The van der Waals surface area contributed by atoms with Crippen LogP contribution in [0.4, 0.5) is 5.69 Å². The number of non-ortho nitro benzene ring substituents is 1. The lowest BCUT2D eigenvalue weighted by Gasteiger charge is -2.16. The van der Waals surface area contributed by atoms with E-state index >= 15 is 0 Å². The first-order valence-electron chi connectivity index (χ1n) is 7.44. The minimum Gasteiger partial charge on any atom is -0.478 e. The quantitative estimate of drug-likeness (QED) is 0.502. The molecule has 0 fully saturated rings. The number of aryl methyl sites for hydroxylation is 2. The second-order valence-corrected chi connectivity index (χ2v) is 5.24. The molecule has 8 nitrogen and oxygen atoms in total. The van der Waals surface area contributed by atoms with Gasteiger partial charge >= 0.3 is 11.9 Å². The van der Waals surface area contributed by atoms with Gasteiger partial charge in [0.25, 0.3) is 5.69 Å². The molecule has 130 valence electrons. The zero-order valence-corrected chi connectivity index (χ0v) is 13.9. The standard InChI is InChI=1S/C17H16N2O6/c1-4-25-17(22)14-10(3)18-9(2)13(16(20)21)15(14)11-6-5-7-12(8-11)19(23)24/h5-8H,4H2,1-3H3,(H,20,21). The van der Waals surface area contributed by atoms with E-state index in [4.69, 9.17) is 4.74 Å². The molecule has 0 atom stereocenters. The first kappa shape index (κ1) is 18.1. The monoisotopic (exact) mass is 344 g/mol. The van der Waals surface area contributed by atoms with Gasteiger partial charge in [-0.1, -0.05) is 12.1 Å². The number of carbonyl (C=O) groups is 2. The molecule has 0 amide bonds. The fraction of sp³-hybridized carbons (Fsp3) is 0.235. The summed E-state index contributed by atoms with van der Waals surface area (Å²) >= 11 is 0. The van der Waals surface area contributed by atoms with E-state index in [2.05, 4.69) is 4.98 Å². The van der Waals surface area contributed by atoms with Crippen LogP contribution in [0.1, 0.15) is 39.0 Å². The summed E-state index contributed by atoms with van der Waals surface area (Å²) in [6, 6.07) is 5.45. The van der Waals surface area contributed by atoms with Crippen molar-refractivity contribution >= 4 is 17.6 Å². The van der Waals surface area contributed by atoms with Gasteiger partial charge in [0.05, 0.1) is 34.0 Å². The summed E-state index contributed by atoms with van der Waals surface area (Å²) in [6.45, 7) is 4.79. The molecule has 0 aliphatic heterocycles. The summed E-state index contributed by atoms with van der Waals surface area (Å²) in [4.78, 5) is 38.7. The van der Waals surface area contributed by atoms with Crippen LogP contribution in [0, 0.1) is 24.0 Å². The van der Waals surface area contributed by atoms with Crippen LogP contribution in [0.5, 0.6) is 0 Å². The number of aromatic nitrogens is 1. The number of esters is 1. The van der Waals surface area contributed by atoms with Crippen molar-refractivity contribution in [2.45, 2.75) is 20.8 Å². The van der Waals surface area contributed by atoms with E-state index < -0.39 is 16.9 Å². The normalized spacial score (nSPS) is 10.4. The largest absolute Gasteiger partial charge is 0.478 e. The highest BCUT2D eigenvalue weighted by Crippen LogP contribution is 2.33. The van der Waals surface area contributed by atoms with Crippen molar-refractivity contribution in [1.29, 1.82) is 0 Å². The van der Waals surface area contributed by atoms with E-state index in [0.29, 0.717) is 5.69 Å². The molecule has 0 radical (unpaired) electrons. The number of ether oxygens (including phenoxy) is 1. The summed E-state index contributed by atoms with van der Waals surface area (Å²) in [6.07, 6.45) is 0. The maximum atomic E-state index is 12.4. The minimum atomic E-state index is -1.28. The predicted molar refractivity (Wildman–Crippen MR) is 88.7 cm³/mol. The summed E-state index contributed by atoms with van der Waals surface area (Å²) < 4.78 is 5.02. The molecule has 0 spiro atoms. The average molecular weight is 344 g/mol. The lowest BCUT2D eigenvalue weighted by atomic mass is 9.92. The van der Waals surface area contributed by atoms with Crippen LogP contribution in [0.2, 0.25) is 0 Å². The highest BCUT2D eigenvalue weighted by Gasteiger charge is 2.27. The van der Waals surface area contributed by atoms with Gasteiger partial charge in [-0.3, -0.25) is 15.1 Å². The van der Waals surface area contributed by atoms with Crippen molar-refractivity contribution in [3.05, 3.63) is 56.9 Å². The van der Waals surface area contributed by atoms with Gasteiger partial charge in [0.15, 0.2) is 0 Å². The Morgan fingerprint density at radius 3 is 2.44 bits per heavy atom. The van der Waals surface area contributed by atoms with Crippen molar-refractivity contribution < 1.29 is 24.4 Å². The van der Waals surface area contributed by atoms with Crippen LogP contribution < -0.4 is 0 Å². The van der Waals surface area contributed by atoms with Gasteiger partial charge in [-0.15, -0.1) is 0 Å². The number of carboxylic acid groups (broad SMARTS) is 1. The average Bonchev–Trinajstić information content (AvgIpc) is 2.53. The van der Waals surface area contributed by atoms with Crippen LogP contribution in [-0.4, -0.2) is 33.6 Å². The van der Waals surface area contributed by atoms with Gasteiger partial charge in [-0.2, -0.15) is 0 Å². The summed E-state index contributed by atoms with van der Waals surface area (Å²) in [5.41, 5.74) is 0.403. The Balaban J connectivity index is 2.89. The lowest BCUT2D eigenvalue weighted by Crippen LogP contribution is -2.16. The van der Waals surface area contributed by atoms with Crippen molar-refractivity contribution in [2.24, 2.45) is 0 Å². The number of hydrogen-bond donors (Lipinski definition) is 1. The Labute approximate surface area is 143 Å². The molecule has 1 aromatic carbocycles. The molecule has 0 aliphatic rings. The number of rotatable bonds is 5. The number of aromatic carboxylic acids is 1. The molecule has 8 heteroatoms. The number of nitrogens with zero attached hydrogens (tertiary/aromatic N) is 2. The Morgan fingerprint density at radius 2 is 1.88 bits per heavy atom. The molecule has 1 heterocycles. The molecule has 1 N–H and O–H groups in total. The third-order valence-electron chi connectivity index (χ3n) is 3.60. The number of hydrogen-bond acceptors (Lipinski definition) is 6. The summed E-state index contributed by atoms with van der Waals surface area (Å²) in [7, 11) is 0. The van der Waals surface area contributed by atoms with Crippen LogP contribution >= 0.6 is 0 Å². The van der Waals surface area contributed by atoms with E-state index in [1.54, 1.807) is 13.8 Å². The Morgan fingerprint density at radius 1 is 1.24 bits per heavy atom. The van der Waals surface area contributed by atoms with E-state index in [0.717, 1.165) is 0 Å². The predicted octanol–water partition coefficient (Wildman–Crippen LogP) is 3.15. The topological polar surface area (TPSA) is 120 Å². The van der Waals surface area contributed by atoms with Gasteiger partial charge in [0.2, 0.25) is 0 Å². The fourth-order valence-electron chi connectivity index (χ4n) is 2.63. The molecule has 0 saturated carbocycles. The third kappa shape index (κ3) is 3.47. The number of nitro groups is 1. The van der Waals surface area contributed by atoms with Crippen LogP contribution in [-0.2, 0) is 4.74 Å². The molecule has 2 aromatic rings. The lowest BCUT2D eigenvalue weighted by molar-refractivity contribution is -0.384. The van der Waals surface area contributed by atoms with E-state index in [1.807, 2.05) is 0 Å². The highest BCUT2D eigenvalue weighted by atomic mass is 16.6. The third-order valence-corrected chi connectivity index (χ3v) is 3.60. The SMILES string of the molecule is CCOC(=O)c1c(C)nc(C)c(C(=O)O)c1-c1cccc([N+](=O)[O-])c1. The van der Waals surface area contributed by atoms with E-state index in [9.17, 15) is 24.8 Å². The van der Waals surface area contributed by atoms with Crippen LogP contribution in [0.15, 0.2) is 24.3 Å². The van der Waals surface area contributed by atoms with E-state index in [-0.39, 0.29) is 40.2 Å². The number of carbonyl (C=O) groups excluding carboxylic acids is 1. The van der Waals surface area contributed by atoms with Crippen molar-refractivity contribution in [1.82, 2.24) is 4.98 Å². The zero-order valence-electron chi connectivity index (χ0n) is 13.9. The molecule has 0 bridgehead atoms. The van der Waals surface area contributed by atoms with Crippen LogP contribution in [0.3, 0.4) is 0 Å². The second kappa shape index (κ2) is 7.08. The Bertz CT molecular complexity index is 876. The van der Waals surface area contributed by atoms with Gasteiger partial charge in [0.1, 0.15) is 0 Å². The van der Waals surface area contributed by atoms with Gasteiger partial charge in [0, 0.05) is 17.7 Å². The number of benzene rings is 1. The maximum absolute atomic E-state index is 12.4. The van der Waals surface area contributed by atoms with Gasteiger partial charge in [-0.25, -0.2) is 9.59 Å². The summed E-state index contributed by atoms with van der Waals surface area (Å²) in [5, 5.41) is 20.6. The minimum absolute atomic E-state index is 0.00894. The number of carboxylic acids is 1. The number of pyridine rings is 1. The molecule has 0 aliphatic carbocycles. The Kier molecular flexibility index (Phi) is 5.11. The van der Waals surface area contributed by atoms with Crippen molar-refractivity contribution in [2.75, 3.05) is 6.61 Å². The van der Waals surface area contributed by atoms with Gasteiger partial charge < -0.3 is 9.84 Å². The molecule has 2 rings (SSSR count). The van der Waals surface area contributed by atoms with Crippen LogP contribution in [0.25, 0.3) is 11.1 Å². The molecular formula is C17H16N2O6. The second-order valence-electron chi connectivity index (χ2n) is 5.24. The smallest absolute Gasteiger partial charge is 0.340 e. The fourth-order valence-corrected chi connectivity index (χ4v) is 2.63. The van der Waals surface area contributed by atoms with Gasteiger partial charge in [-0.05, 0) is 26.3 Å². The molecule has 0 saturated heterocycles. The Hall–Kier alpha value is -3.29. The van der Waals surface area contributed by atoms with Crippen molar-refractivity contribution in [3.8, 4) is 11.1 Å². The summed E-state index contributed by atoms with van der Waals surface area (Å²) in [5.74, 6) is -2.01. The number of nitro benzene ring substituents is 1. The molecule has 25 heavy (non-hydrogen) atoms.